The number of hydrogen-bond acceptors (Lipinski definition) is 0. The average Bonchev–Trinajstić information content (AvgIpc) is 2.07. The molecule has 0 radical (unpaired) electrons. The van der Waals surface area contributed by atoms with Crippen LogP contribution in [0.15, 0.2) is 12.1 Å². The van der Waals surface area contributed by atoms with E-state index in [0.717, 1.165) is 5.33 Å². The molecule has 0 nitrogen and oxygen atoms in total. The summed E-state index contributed by atoms with van der Waals surface area (Å²) in [4.78, 5) is 0. The summed E-state index contributed by atoms with van der Waals surface area (Å²) in [6.07, 6.45) is 0. The van der Waals surface area contributed by atoms with Gasteiger partial charge in [0.25, 0.3) is 0 Å². The number of hydrogen-bond donors (Lipinski definition) is 0. The molecule has 0 N–H and O–H groups in total. The first-order valence-electron chi connectivity index (χ1n) is 3.38. The van der Waals surface area contributed by atoms with Crippen molar-refractivity contribution < 1.29 is 0 Å². The Bertz CT molecular complexity index is 313. The zero-order valence-corrected chi connectivity index (χ0v) is 15.4. The zero-order valence-electron chi connectivity index (χ0n) is 6.33. The van der Waals surface area contributed by atoms with Gasteiger partial charge >= 0.3 is 0 Å². The molecule has 0 aliphatic heterocycles. The van der Waals surface area contributed by atoms with Gasteiger partial charge in [0.05, 0.1) is 3.74 Å². The average molecular weight is 595 g/mol. The van der Waals surface area contributed by atoms with Gasteiger partial charge in [-0.25, -0.2) is 0 Å². The van der Waals surface area contributed by atoms with Gasteiger partial charge in [-0.05, 0) is 68.4 Å². The summed E-state index contributed by atoms with van der Waals surface area (Å²) < 4.78 is 2.82. The molecule has 0 unspecified atom stereocenters. The summed E-state index contributed by atoms with van der Waals surface area (Å²) in [7, 11) is 0. The number of halogens is 5. The second-order valence-corrected chi connectivity index (χ2v) is 8.34. The van der Waals surface area contributed by atoms with Gasteiger partial charge in [0.1, 0.15) is 0 Å². The third kappa shape index (κ3) is 3.57. The van der Waals surface area contributed by atoms with E-state index in [1.165, 1.54) is 18.3 Å². The van der Waals surface area contributed by atoms with Gasteiger partial charge in [0.15, 0.2) is 0 Å². The molecule has 0 amide bonds. The molecule has 72 valence electrons. The fraction of sp³-hybridized carbons (Fsp3) is 0.250. The Morgan fingerprint density at radius 2 is 1.77 bits per heavy atom. The highest BCUT2D eigenvalue weighted by atomic mass is 127. The topological polar surface area (TPSA) is 0 Å². The highest BCUT2D eigenvalue weighted by Gasteiger charge is 2.10. The summed E-state index contributed by atoms with van der Waals surface area (Å²) >= 11 is 15.2. The lowest BCUT2D eigenvalue weighted by atomic mass is 10.2. The van der Waals surface area contributed by atoms with Gasteiger partial charge in [0.2, 0.25) is 0 Å². The first kappa shape index (κ1) is 13.2. The first-order valence-corrected chi connectivity index (χ1v) is 8.49. The fourth-order valence-electron chi connectivity index (χ4n) is 0.873. The summed E-state index contributed by atoms with van der Waals surface area (Å²) in [6, 6.07) is 4.41. The normalized spacial score (nSPS) is 10.9. The van der Waals surface area contributed by atoms with Crippen molar-refractivity contribution in [2.45, 2.75) is 9.07 Å². The molecule has 0 saturated carbocycles. The second-order valence-electron chi connectivity index (χ2n) is 2.40. The third-order valence-electron chi connectivity index (χ3n) is 1.54. The van der Waals surface area contributed by atoms with Gasteiger partial charge in [0, 0.05) is 12.5 Å². The van der Waals surface area contributed by atoms with Crippen LogP contribution in [0, 0.1) is 7.14 Å². The van der Waals surface area contributed by atoms with E-state index in [0.29, 0.717) is 0 Å². The number of rotatable bonds is 2. The predicted octanol–water partition coefficient (Wildman–Crippen LogP) is 5.58. The van der Waals surface area contributed by atoms with Gasteiger partial charge in [-0.15, -0.1) is 0 Å². The van der Waals surface area contributed by atoms with Crippen molar-refractivity contribution in [3.8, 4) is 0 Å². The van der Waals surface area contributed by atoms with Gasteiger partial charge in [-0.1, -0.05) is 47.8 Å². The van der Waals surface area contributed by atoms with Crippen LogP contribution in [0.1, 0.15) is 14.9 Å². The van der Waals surface area contributed by atoms with E-state index in [-0.39, 0.29) is 3.74 Å². The summed E-state index contributed by atoms with van der Waals surface area (Å²) in [5.41, 5.74) is 2.63. The second kappa shape index (κ2) is 6.00. The molecule has 0 atom stereocenters. The van der Waals surface area contributed by atoms with E-state index in [4.69, 9.17) is 0 Å². The van der Waals surface area contributed by atoms with Crippen LogP contribution in [0.2, 0.25) is 0 Å². The van der Waals surface area contributed by atoms with Crippen molar-refractivity contribution in [2.24, 2.45) is 0 Å². The molecule has 1 aromatic rings. The minimum Gasteiger partial charge on any atom is -0.0876 e. The maximum Gasteiger partial charge on any atom is 0.0957 e. The first-order chi connectivity index (χ1) is 6.06. The van der Waals surface area contributed by atoms with Crippen molar-refractivity contribution in [3.05, 3.63) is 30.4 Å². The number of benzene rings is 1. The van der Waals surface area contributed by atoms with Crippen molar-refractivity contribution in [1.29, 1.82) is 0 Å². The van der Waals surface area contributed by atoms with E-state index < -0.39 is 0 Å². The molecule has 1 rings (SSSR count). The minimum absolute atomic E-state index is 0.241. The summed E-state index contributed by atoms with van der Waals surface area (Å²) in [5, 5.41) is 0.913. The monoisotopic (exact) mass is 592 g/mol. The van der Waals surface area contributed by atoms with Gasteiger partial charge in [-0.2, -0.15) is 0 Å². The molecule has 0 aromatic heterocycles. The molecule has 0 fully saturated rings. The lowest BCUT2D eigenvalue weighted by Gasteiger charge is -2.09. The van der Waals surface area contributed by atoms with E-state index >= 15 is 0 Å². The van der Waals surface area contributed by atoms with Gasteiger partial charge < -0.3 is 0 Å². The highest BCUT2D eigenvalue weighted by molar-refractivity contribution is 14.1. The zero-order chi connectivity index (χ0) is 10.0. The van der Waals surface area contributed by atoms with E-state index in [2.05, 4.69) is 105 Å². The lowest BCUT2D eigenvalue weighted by Crippen LogP contribution is -1.93. The Morgan fingerprint density at radius 3 is 2.23 bits per heavy atom. The molecule has 0 aliphatic rings. The predicted molar refractivity (Wildman–Crippen MR) is 85.1 cm³/mol. The smallest absolute Gasteiger partial charge is 0.0876 e. The van der Waals surface area contributed by atoms with Crippen molar-refractivity contribution in [2.75, 3.05) is 0 Å². The van der Waals surface area contributed by atoms with E-state index in [9.17, 15) is 0 Å². The highest BCUT2D eigenvalue weighted by Crippen LogP contribution is 2.34. The van der Waals surface area contributed by atoms with Crippen LogP contribution < -0.4 is 0 Å². The molecule has 0 saturated heterocycles. The largest absolute Gasteiger partial charge is 0.0957 e. The summed E-state index contributed by atoms with van der Waals surface area (Å²) in [5.74, 6) is 0. The Balaban J connectivity index is 3.20. The van der Waals surface area contributed by atoms with Crippen LogP contribution in [-0.2, 0) is 5.33 Å². The third-order valence-corrected chi connectivity index (χ3v) is 5.07. The molecular weight excluding hydrogens is 590 g/mol. The lowest BCUT2D eigenvalue weighted by molar-refractivity contribution is 1.30. The van der Waals surface area contributed by atoms with Crippen LogP contribution in [0.3, 0.4) is 0 Å². The molecule has 0 heterocycles. The van der Waals surface area contributed by atoms with E-state index in [1.54, 1.807) is 0 Å². The quantitative estimate of drug-likeness (QED) is 0.310. The van der Waals surface area contributed by atoms with Crippen LogP contribution in [0.5, 0.6) is 0 Å². The fourth-order valence-corrected chi connectivity index (χ4v) is 5.00. The Morgan fingerprint density at radius 1 is 1.15 bits per heavy atom. The molecular formula is C8H5Br3I2. The minimum atomic E-state index is 0.241. The van der Waals surface area contributed by atoms with Crippen molar-refractivity contribution in [3.63, 3.8) is 0 Å². The maximum atomic E-state index is 3.51. The van der Waals surface area contributed by atoms with Crippen molar-refractivity contribution in [1.82, 2.24) is 0 Å². The SMILES string of the molecule is BrCc1cc(I)c(C(Br)Br)cc1I. The molecule has 0 aliphatic carbocycles. The standard InChI is InChI=1S/C8H5Br3I2/c9-3-4-1-7(13)5(8(10)11)2-6(4)12/h1-2,8H,3H2. The molecule has 5 heteroatoms. The van der Waals surface area contributed by atoms with Crippen LogP contribution in [0.4, 0.5) is 0 Å². The Hall–Kier alpha value is 2.12. The van der Waals surface area contributed by atoms with Crippen molar-refractivity contribution >= 4 is 93.0 Å². The van der Waals surface area contributed by atoms with Crippen LogP contribution >= 0.6 is 93.0 Å². The molecule has 13 heavy (non-hydrogen) atoms. The van der Waals surface area contributed by atoms with E-state index in [1.807, 2.05) is 0 Å². The van der Waals surface area contributed by atoms with Gasteiger partial charge in [-0.3, -0.25) is 0 Å². The Kier molecular flexibility index (Phi) is 6.09. The summed E-state index contributed by atoms with van der Waals surface area (Å²) in [6.45, 7) is 0. The Labute approximate surface area is 130 Å². The van der Waals surface area contributed by atoms with Crippen LogP contribution in [0.25, 0.3) is 0 Å². The van der Waals surface area contributed by atoms with Crippen LogP contribution in [-0.4, -0.2) is 0 Å². The molecule has 0 spiro atoms. The maximum absolute atomic E-state index is 3.51. The molecule has 1 aromatic carbocycles. The molecule has 0 bridgehead atoms. The number of alkyl halides is 3.